The second-order valence-corrected chi connectivity index (χ2v) is 6.39. The van der Waals surface area contributed by atoms with Gasteiger partial charge in [-0.25, -0.2) is 4.99 Å². The van der Waals surface area contributed by atoms with Crippen LogP contribution in [-0.4, -0.2) is 44.4 Å². The minimum absolute atomic E-state index is 0.248. The van der Waals surface area contributed by atoms with Gasteiger partial charge in [0.15, 0.2) is 5.96 Å². The van der Waals surface area contributed by atoms with E-state index >= 15 is 0 Å². The molecule has 148 valence electrons. The monoisotopic (exact) mass is 374 g/mol. The highest BCUT2D eigenvalue weighted by molar-refractivity contribution is 5.77. The van der Waals surface area contributed by atoms with Gasteiger partial charge in [0.2, 0.25) is 0 Å². The molecule has 0 bridgehead atoms. The molecule has 0 radical (unpaired) electrons. The van der Waals surface area contributed by atoms with E-state index in [0.717, 1.165) is 31.5 Å². The van der Waals surface area contributed by atoms with E-state index in [1.165, 1.54) is 43.5 Å². The number of unbranched alkanes of at least 4 members (excludes halogenated alkanes) is 4. The first kappa shape index (κ1) is 22.1. The number of benzene rings is 1. The molecule has 0 amide bonds. The van der Waals surface area contributed by atoms with Crippen LogP contribution in [0, 0.1) is 0 Å². The third-order valence-corrected chi connectivity index (χ3v) is 3.68. The molecule has 0 aliphatic heterocycles. The maximum atomic E-state index is 12.1. The van der Waals surface area contributed by atoms with Crippen molar-refractivity contribution in [2.24, 2.45) is 10.7 Å². The van der Waals surface area contributed by atoms with Crippen LogP contribution in [0.25, 0.3) is 0 Å². The Morgan fingerprint density at radius 2 is 1.69 bits per heavy atom. The Morgan fingerprint density at radius 3 is 2.31 bits per heavy atom. The Morgan fingerprint density at radius 1 is 1.08 bits per heavy atom. The predicted octanol–water partition coefficient (Wildman–Crippen LogP) is 3.50. The number of nitrogens with two attached hydrogens (primary N) is 1. The largest absolute Gasteiger partial charge is 0.573 e. The summed E-state index contributed by atoms with van der Waals surface area (Å²) in [5.41, 5.74) is 6.55. The van der Waals surface area contributed by atoms with Gasteiger partial charge in [-0.3, -0.25) is 0 Å². The third-order valence-electron chi connectivity index (χ3n) is 3.68. The van der Waals surface area contributed by atoms with Crippen LogP contribution >= 0.6 is 0 Å². The molecule has 0 fully saturated rings. The van der Waals surface area contributed by atoms with Crippen LogP contribution in [0.1, 0.15) is 37.7 Å². The van der Waals surface area contributed by atoms with Crippen molar-refractivity contribution >= 4 is 5.96 Å². The molecule has 1 rings (SSSR count). The van der Waals surface area contributed by atoms with Crippen molar-refractivity contribution in [3.8, 4) is 5.75 Å². The number of ether oxygens (including phenoxy) is 1. The predicted molar refractivity (Wildman–Crippen MR) is 98.1 cm³/mol. The van der Waals surface area contributed by atoms with Gasteiger partial charge >= 0.3 is 6.36 Å². The summed E-state index contributed by atoms with van der Waals surface area (Å²) in [7, 11) is 4.16. The van der Waals surface area contributed by atoms with Crippen LogP contribution in [0.4, 0.5) is 13.2 Å². The quantitative estimate of drug-likeness (QED) is 0.354. The molecule has 3 N–H and O–H groups in total. The van der Waals surface area contributed by atoms with E-state index < -0.39 is 6.36 Å². The van der Waals surface area contributed by atoms with Crippen LogP contribution in [0.3, 0.4) is 0 Å². The first-order valence-electron chi connectivity index (χ1n) is 8.79. The fourth-order valence-corrected chi connectivity index (χ4v) is 2.33. The Kier molecular flexibility index (Phi) is 9.87. The van der Waals surface area contributed by atoms with Crippen molar-refractivity contribution in [3.63, 3.8) is 0 Å². The summed E-state index contributed by atoms with van der Waals surface area (Å²) in [6, 6.07) is 5.59. The molecule has 0 heterocycles. The number of halogens is 3. The minimum Gasteiger partial charge on any atom is -0.406 e. The highest BCUT2D eigenvalue weighted by Crippen LogP contribution is 2.22. The number of alkyl halides is 3. The van der Waals surface area contributed by atoms with Gasteiger partial charge in [0.25, 0.3) is 0 Å². The number of guanidine groups is 1. The highest BCUT2D eigenvalue weighted by Gasteiger charge is 2.30. The van der Waals surface area contributed by atoms with Gasteiger partial charge in [-0.2, -0.15) is 0 Å². The molecule has 5 nitrogen and oxygen atoms in total. The lowest BCUT2D eigenvalue weighted by atomic mass is 10.1. The molecule has 0 saturated carbocycles. The first-order valence-corrected chi connectivity index (χ1v) is 8.79. The third kappa shape index (κ3) is 11.6. The topological polar surface area (TPSA) is 62.9 Å². The maximum absolute atomic E-state index is 12.1. The van der Waals surface area contributed by atoms with Gasteiger partial charge in [-0.05, 0) is 51.2 Å². The molecule has 8 heteroatoms. The van der Waals surface area contributed by atoms with Crippen molar-refractivity contribution in [1.29, 1.82) is 0 Å². The first-order chi connectivity index (χ1) is 12.3. The standard InChI is InChI=1S/C18H29F3N4O/c1-25(2)13-7-5-3-4-6-12-23-17(22)24-14-15-8-10-16(11-9-15)26-18(19,20)21/h8-11H,3-7,12-14H2,1-2H3,(H3,22,23,24). The summed E-state index contributed by atoms with van der Waals surface area (Å²) in [6.45, 7) is 2.19. The lowest BCUT2D eigenvalue weighted by Crippen LogP contribution is -2.32. The van der Waals surface area contributed by atoms with Gasteiger partial charge in [0.1, 0.15) is 5.75 Å². The van der Waals surface area contributed by atoms with Crippen molar-refractivity contribution in [2.45, 2.75) is 45.0 Å². The molecular formula is C18H29F3N4O. The van der Waals surface area contributed by atoms with Crippen molar-refractivity contribution < 1.29 is 17.9 Å². The molecule has 0 aromatic heterocycles. The van der Waals surface area contributed by atoms with Gasteiger partial charge in [0.05, 0.1) is 6.54 Å². The molecule has 0 saturated heterocycles. The van der Waals surface area contributed by atoms with E-state index in [1.54, 1.807) is 0 Å². The van der Waals surface area contributed by atoms with Crippen molar-refractivity contribution in [3.05, 3.63) is 29.8 Å². The zero-order chi connectivity index (χ0) is 19.4. The molecule has 0 unspecified atom stereocenters. The molecule has 1 aromatic carbocycles. The molecular weight excluding hydrogens is 345 g/mol. The molecule has 0 aliphatic carbocycles. The Hall–Kier alpha value is -1.96. The maximum Gasteiger partial charge on any atom is 0.573 e. The smallest absolute Gasteiger partial charge is 0.406 e. The van der Waals surface area contributed by atoms with E-state index in [1.807, 2.05) is 0 Å². The van der Waals surface area contributed by atoms with E-state index in [9.17, 15) is 13.2 Å². The van der Waals surface area contributed by atoms with Crippen LogP contribution in [-0.2, 0) is 6.54 Å². The van der Waals surface area contributed by atoms with Gasteiger partial charge in [-0.1, -0.05) is 31.4 Å². The lowest BCUT2D eigenvalue weighted by Gasteiger charge is -2.09. The number of hydrogen-bond donors (Lipinski definition) is 2. The summed E-state index contributed by atoms with van der Waals surface area (Å²) in [6.07, 6.45) is 1.15. The lowest BCUT2D eigenvalue weighted by molar-refractivity contribution is -0.274. The normalized spacial score (nSPS) is 12.5. The van der Waals surface area contributed by atoms with Crippen molar-refractivity contribution in [1.82, 2.24) is 10.2 Å². The summed E-state index contributed by atoms with van der Waals surface area (Å²) in [4.78, 5) is 6.37. The zero-order valence-electron chi connectivity index (χ0n) is 15.5. The fraction of sp³-hybridized carbons (Fsp3) is 0.611. The number of aliphatic imine (C=N–C) groups is 1. The van der Waals surface area contributed by atoms with Crippen LogP contribution in [0.15, 0.2) is 29.3 Å². The van der Waals surface area contributed by atoms with E-state index in [-0.39, 0.29) is 5.75 Å². The Labute approximate surface area is 153 Å². The second kappa shape index (κ2) is 11.6. The number of rotatable bonds is 11. The molecule has 0 atom stereocenters. The summed E-state index contributed by atoms with van der Waals surface area (Å²) in [5, 5.41) is 3.05. The van der Waals surface area contributed by atoms with E-state index in [4.69, 9.17) is 5.73 Å². The number of nitrogens with one attached hydrogen (secondary N) is 1. The second-order valence-electron chi connectivity index (χ2n) is 6.39. The molecule has 0 spiro atoms. The SMILES string of the molecule is CN(C)CCCCCCCNC(N)=NCc1ccc(OC(F)(F)F)cc1. The minimum atomic E-state index is -4.68. The van der Waals surface area contributed by atoms with Gasteiger partial charge in [0, 0.05) is 6.54 Å². The van der Waals surface area contributed by atoms with Crippen molar-refractivity contribution in [2.75, 3.05) is 27.2 Å². The summed E-state index contributed by atoms with van der Waals surface area (Å²) >= 11 is 0. The summed E-state index contributed by atoms with van der Waals surface area (Å²) < 4.78 is 40.1. The van der Waals surface area contributed by atoms with Crippen LogP contribution in [0.2, 0.25) is 0 Å². The number of hydrogen-bond acceptors (Lipinski definition) is 3. The average Bonchev–Trinajstić information content (AvgIpc) is 2.55. The molecule has 26 heavy (non-hydrogen) atoms. The van der Waals surface area contributed by atoms with Crippen LogP contribution < -0.4 is 15.8 Å². The van der Waals surface area contributed by atoms with Crippen LogP contribution in [0.5, 0.6) is 5.75 Å². The van der Waals surface area contributed by atoms with E-state index in [0.29, 0.717) is 12.5 Å². The zero-order valence-corrected chi connectivity index (χ0v) is 15.5. The van der Waals surface area contributed by atoms with Gasteiger partial charge < -0.3 is 20.7 Å². The highest BCUT2D eigenvalue weighted by atomic mass is 19.4. The summed E-state index contributed by atoms with van der Waals surface area (Å²) in [5.74, 6) is 0.0927. The Bertz CT molecular complexity index is 530. The fourth-order valence-electron chi connectivity index (χ4n) is 2.33. The van der Waals surface area contributed by atoms with E-state index in [2.05, 4.69) is 34.0 Å². The average molecular weight is 374 g/mol. The number of nitrogens with zero attached hydrogens (tertiary/aromatic N) is 2. The Balaban J connectivity index is 2.17. The molecule has 0 aliphatic rings. The van der Waals surface area contributed by atoms with Gasteiger partial charge in [-0.15, -0.1) is 13.2 Å². The molecule has 1 aromatic rings.